The van der Waals surface area contributed by atoms with Gasteiger partial charge in [-0.3, -0.25) is 9.69 Å². The van der Waals surface area contributed by atoms with Gasteiger partial charge in [0.2, 0.25) is 5.91 Å². The third-order valence-electron chi connectivity index (χ3n) is 4.91. The van der Waals surface area contributed by atoms with Crippen LogP contribution in [0, 0.1) is 0 Å². The zero-order valence-corrected chi connectivity index (χ0v) is 14.0. The molecule has 0 spiro atoms. The molecule has 23 heavy (non-hydrogen) atoms. The minimum atomic E-state index is -0.546. The van der Waals surface area contributed by atoms with Gasteiger partial charge >= 0.3 is 0 Å². The van der Waals surface area contributed by atoms with Crippen molar-refractivity contribution in [1.82, 2.24) is 4.90 Å². The molecule has 2 aliphatic heterocycles. The zero-order chi connectivity index (χ0) is 16.6. The molecule has 3 rings (SSSR count). The Labute approximate surface area is 137 Å². The summed E-state index contributed by atoms with van der Waals surface area (Å²) in [5, 5.41) is 0. The Kier molecular flexibility index (Phi) is 4.21. The minimum absolute atomic E-state index is 0.125. The molecule has 1 saturated heterocycles. The molecule has 6 heteroatoms. The fourth-order valence-electron chi connectivity index (χ4n) is 3.41. The average molecular weight is 318 g/mol. The minimum Gasteiger partial charge on any atom is -0.397 e. The van der Waals surface area contributed by atoms with E-state index < -0.39 is 5.41 Å². The lowest BCUT2D eigenvalue weighted by molar-refractivity contribution is -0.122. The third-order valence-corrected chi connectivity index (χ3v) is 4.91. The fourth-order valence-corrected chi connectivity index (χ4v) is 3.41. The monoisotopic (exact) mass is 318 g/mol. The van der Waals surface area contributed by atoms with E-state index in [1.165, 1.54) is 0 Å². The Hall–Kier alpha value is -1.79. The maximum absolute atomic E-state index is 12.8. The molecular weight excluding hydrogens is 292 g/mol. The number of carbonyl (C=O) groups is 1. The Morgan fingerprint density at radius 2 is 1.78 bits per heavy atom. The van der Waals surface area contributed by atoms with Crippen molar-refractivity contribution in [2.75, 3.05) is 55.8 Å². The van der Waals surface area contributed by atoms with Gasteiger partial charge in [0, 0.05) is 26.2 Å². The molecule has 2 aliphatic rings. The number of nitrogens with two attached hydrogens (primary N) is 2. The van der Waals surface area contributed by atoms with Gasteiger partial charge in [0.15, 0.2) is 0 Å². The van der Waals surface area contributed by atoms with E-state index in [0.717, 1.165) is 50.5 Å². The lowest BCUT2D eigenvalue weighted by Crippen LogP contribution is -2.40. The standard InChI is InChI=1S/C17H26N4O2/c1-17(2)12-10-13(18)14(19)11-15(12)21(16(17)22)5-3-4-20-6-8-23-9-7-20/h10-11H,3-9,18-19H2,1-2H3. The lowest BCUT2D eigenvalue weighted by atomic mass is 9.86. The number of hydrogen-bond acceptors (Lipinski definition) is 5. The van der Waals surface area contributed by atoms with Gasteiger partial charge in [0.1, 0.15) is 0 Å². The van der Waals surface area contributed by atoms with Crippen LogP contribution >= 0.6 is 0 Å². The first kappa shape index (κ1) is 16.1. The zero-order valence-electron chi connectivity index (χ0n) is 14.0. The molecule has 0 saturated carbocycles. The molecule has 6 nitrogen and oxygen atoms in total. The maximum atomic E-state index is 12.8. The fraction of sp³-hybridized carbons (Fsp3) is 0.588. The number of benzene rings is 1. The summed E-state index contributed by atoms with van der Waals surface area (Å²) >= 11 is 0. The number of fused-ring (bicyclic) bond motifs is 1. The largest absolute Gasteiger partial charge is 0.397 e. The van der Waals surface area contributed by atoms with E-state index in [1.54, 1.807) is 0 Å². The summed E-state index contributed by atoms with van der Waals surface area (Å²) in [5.41, 5.74) is 14.3. The number of ether oxygens (including phenoxy) is 1. The first-order valence-corrected chi connectivity index (χ1v) is 8.23. The molecule has 0 aliphatic carbocycles. The molecule has 1 fully saturated rings. The number of amides is 1. The second-order valence-corrected chi connectivity index (χ2v) is 6.89. The van der Waals surface area contributed by atoms with E-state index >= 15 is 0 Å². The molecule has 1 aromatic rings. The van der Waals surface area contributed by atoms with Crippen LogP contribution in [0.4, 0.5) is 17.1 Å². The van der Waals surface area contributed by atoms with Gasteiger partial charge in [-0.1, -0.05) is 0 Å². The van der Waals surface area contributed by atoms with Gasteiger partial charge in [-0.2, -0.15) is 0 Å². The summed E-state index contributed by atoms with van der Waals surface area (Å²) in [4.78, 5) is 17.0. The van der Waals surface area contributed by atoms with Crippen molar-refractivity contribution < 1.29 is 9.53 Å². The molecule has 1 amide bonds. The Morgan fingerprint density at radius 3 is 2.48 bits per heavy atom. The van der Waals surface area contributed by atoms with E-state index in [0.29, 0.717) is 17.9 Å². The molecule has 0 atom stereocenters. The van der Waals surface area contributed by atoms with Crippen LogP contribution < -0.4 is 16.4 Å². The second kappa shape index (κ2) is 6.02. The molecule has 0 radical (unpaired) electrons. The smallest absolute Gasteiger partial charge is 0.237 e. The normalized spacial score (nSPS) is 20.8. The molecular formula is C17H26N4O2. The Bertz CT molecular complexity index is 609. The number of carbonyl (C=O) groups excluding carboxylic acids is 1. The van der Waals surface area contributed by atoms with Crippen molar-refractivity contribution in [2.45, 2.75) is 25.7 Å². The predicted octanol–water partition coefficient (Wildman–Crippen LogP) is 1.20. The van der Waals surface area contributed by atoms with Crippen molar-refractivity contribution in [3.63, 3.8) is 0 Å². The van der Waals surface area contributed by atoms with E-state index in [1.807, 2.05) is 30.9 Å². The topological polar surface area (TPSA) is 84.8 Å². The van der Waals surface area contributed by atoms with Gasteiger partial charge in [0.25, 0.3) is 0 Å². The lowest BCUT2D eigenvalue weighted by Gasteiger charge is -2.27. The van der Waals surface area contributed by atoms with Crippen LogP contribution in [0.1, 0.15) is 25.8 Å². The van der Waals surface area contributed by atoms with E-state index in [2.05, 4.69) is 4.90 Å². The number of nitrogen functional groups attached to an aromatic ring is 2. The molecule has 0 unspecified atom stereocenters. The predicted molar refractivity (Wildman–Crippen MR) is 92.5 cm³/mol. The molecule has 0 aromatic heterocycles. The van der Waals surface area contributed by atoms with E-state index in [9.17, 15) is 4.79 Å². The molecule has 4 N–H and O–H groups in total. The van der Waals surface area contributed by atoms with Crippen LogP contribution in [-0.4, -0.2) is 50.2 Å². The van der Waals surface area contributed by atoms with Crippen LogP contribution in [0.3, 0.4) is 0 Å². The molecule has 1 aromatic carbocycles. The first-order valence-electron chi connectivity index (χ1n) is 8.23. The number of hydrogen-bond donors (Lipinski definition) is 2. The van der Waals surface area contributed by atoms with Crippen molar-refractivity contribution in [3.8, 4) is 0 Å². The summed E-state index contributed by atoms with van der Waals surface area (Å²) in [7, 11) is 0. The quantitative estimate of drug-likeness (QED) is 0.815. The summed E-state index contributed by atoms with van der Waals surface area (Å²) in [6, 6.07) is 3.69. The van der Waals surface area contributed by atoms with Gasteiger partial charge in [-0.15, -0.1) is 0 Å². The first-order chi connectivity index (χ1) is 10.9. The number of morpholine rings is 1. The second-order valence-electron chi connectivity index (χ2n) is 6.89. The highest BCUT2D eigenvalue weighted by molar-refractivity contribution is 6.08. The van der Waals surface area contributed by atoms with Crippen LogP contribution in [0.15, 0.2) is 12.1 Å². The molecule has 126 valence electrons. The van der Waals surface area contributed by atoms with E-state index in [-0.39, 0.29) is 5.91 Å². The highest BCUT2D eigenvalue weighted by Crippen LogP contribution is 2.44. The van der Waals surface area contributed by atoms with Gasteiger partial charge in [-0.25, -0.2) is 0 Å². The highest BCUT2D eigenvalue weighted by atomic mass is 16.5. The van der Waals surface area contributed by atoms with Gasteiger partial charge in [-0.05, 0) is 38.0 Å². The van der Waals surface area contributed by atoms with Crippen LogP contribution in [0.2, 0.25) is 0 Å². The van der Waals surface area contributed by atoms with E-state index in [4.69, 9.17) is 16.2 Å². The summed E-state index contributed by atoms with van der Waals surface area (Å²) in [5.74, 6) is 0.125. The van der Waals surface area contributed by atoms with Crippen LogP contribution in [0.5, 0.6) is 0 Å². The Morgan fingerprint density at radius 1 is 1.13 bits per heavy atom. The number of rotatable bonds is 4. The molecule has 0 bridgehead atoms. The SMILES string of the molecule is CC1(C)C(=O)N(CCCN2CCOCC2)c2cc(N)c(N)cc21. The number of nitrogens with zero attached hydrogens (tertiary/aromatic N) is 2. The summed E-state index contributed by atoms with van der Waals surface area (Å²) in [6.07, 6.45) is 0.936. The van der Waals surface area contributed by atoms with Crippen molar-refractivity contribution in [3.05, 3.63) is 17.7 Å². The van der Waals surface area contributed by atoms with Gasteiger partial charge < -0.3 is 21.1 Å². The van der Waals surface area contributed by atoms with Crippen molar-refractivity contribution in [2.24, 2.45) is 0 Å². The van der Waals surface area contributed by atoms with Crippen molar-refractivity contribution >= 4 is 23.0 Å². The van der Waals surface area contributed by atoms with Crippen molar-refractivity contribution in [1.29, 1.82) is 0 Å². The van der Waals surface area contributed by atoms with Crippen LogP contribution in [0.25, 0.3) is 0 Å². The number of anilines is 3. The van der Waals surface area contributed by atoms with Crippen LogP contribution in [-0.2, 0) is 14.9 Å². The third kappa shape index (κ3) is 2.88. The molecule has 2 heterocycles. The average Bonchev–Trinajstić information content (AvgIpc) is 2.70. The Balaban J connectivity index is 1.73. The summed E-state index contributed by atoms with van der Waals surface area (Å²) in [6.45, 7) is 9.13. The van der Waals surface area contributed by atoms with Gasteiger partial charge in [0.05, 0.1) is 35.7 Å². The summed E-state index contributed by atoms with van der Waals surface area (Å²) < 4.78 is 5.36. The maximum Gasteiger partial charge on any atom is 0.237 e. The highest BCUT2D eigenvalue weighted by Gasteiger charge is 2.43.